The lowest BCUT2D eigenvalue weighted by Crippen LogP contribution is -2.49. The Morgan fingerprint density at radius 2 is 1.83 bits per heavy atom. The molecule has 3 heterocycles. The van der Waals surface area contributed by atoms with E-state index in [1.165, 1.54) is 5.56 Å². The van der Waals surface area contributed by atoms with Crippen LogP contribution in [0.2, 0.25) is 0 Å². The van der Waals surface area contributed by atoms with E-state index in [0.29, 0.717) is 12.1 Å². The molecule has 4 nitrogen and oxygen atoms in total. The van der Waals surface area contributed by atoms with Crippen molar-refractivity contribution in [3.8, 4) is 5.75 Å². The molecule has 4 rings (SSSR count). The van der Waals surface area contributed by atoms with Gasteiger partial charge in [0.05, 0.1) is 19.0 Å². The standard InChI is InChI=1S/C20H24N2O2/c1-24-18-9-10-19(21-13-18)20(23)11-16-7-8-17(12-20)22(16)14-15-5-3-2-4-6-15/h2-6,9-10,13,16-17,23H,7-8,11-12,14H2,1H3. The van der Waals surface area contributed by atoms with E-state index in [1.807, 2.05) is 12.1 Å². The highest BCUT2D eigenvalue weighted by atomic mass is 16.5. The monoisotopic (exact) mass is 324 g/mol. The Morgan fingerprint density at radius 1 is 1.12 bits per heavy atom. The number of aromatic nitrogens is 1. The first-order valence-electron chi connectivity index (χ1n) is 8.70. The zero-order chi connectivity index (χ0) is 16.6. The lowest BCUT2D eigenvalue weighted by molar-refractivity contribution is -0.0623. The highest BCUT2D eigenvalue weighted by molar-refractivity contribution is 5.25. The van der Waals surface area contributed by atoms with E-state index in [2.05, 4.69) is 40.2 Å². The summed E-state index contributed by atoms with van der Waals surface area (Å²) in [5, 5.41) is 11.2. The normalized spacial score (nSPS) is 29.6. The number of ether oxygens (including phenoxy) is 1. The molecule has 0 saturated carbocycles. The van der Waals surface area contributed by atoms with Crippen LogP contribution in [0.4, 0.5) is 0 Å². The molecule has 2 saturated heterocycles. The SMILES string of the molecule is COc1ccc(C2(O)CC3CCC(C2)N3Cc2ccccc2)nc1. The van der Waals surface area contributed by atoms with E-state index in [1.54, 1.807) is 13.3 Å². The van der Waals surface area contributed by atoms with E-state index in [4.69, 9.17) is 4.74 Å². The van der Waals surface area contributed by atoms with Gasteiger partial charge in [0.25, 0.3) is 0 Å². The number of pyridine rings is 1. The van der Waals surface area contributed by atoms with Crippen LogP contribution in [0.25, 0.3) is 0 Å². The molecule has 2 aliphatic rings. The Kier molecular flexibility index (Phi) is 4.02. The number of methoxy groups -OCH3 is 1. The maximum atomic E-state index is 11.2. The van der Waals surface area contributed by atoms with E-state index < -0.39 is 5.60 Å². The summed E-state index contributed by atoms with van der Waals surface area (Å²) < 4.78 is 5.18. The van der Waals surface area contributed by atoms with E-state index in [0.717, 1.165) is 43.7 Å². The van der Waals surface area contributed by atoms with Crippen LogP contribution in [0.3, 0.4) is 0 Å². The zero-order valence-corrected chi connectivity index (χ0v) is 14.1. The number of hydrogen-bond acceptors (Lipinski definition) is 4. The maximum absolute atomic E-state index is 11.2. The number of benzene rings is 1. The van der Waals surface area contributed by atoms with Gasteiger partial charge in [-0.15, -0.1) is 0 Å². The summed E-state index contributed by atoms with van der Waals surface area (Å²) >= 11 is 0. The van der Waals surface area contributed by atoms with Crippen LogP contribution in [0.5, 0.6) is 5.75 Å². The van der Waals surface area contributed by atoms with Crippen molar-refractivity contribution in [2.45, 2.75) is 49.9 Å². The number of fused-ring (bicyclic) bond motifs is 2. The molecule has 2 fully saturated rings. The third-order valence-electron chi connectivity index (χ3n) is 5.57. The fourth-order valence-corrected chi connectivity index (χ4v) is 4.35. The van der Waals surface area contributed by atoms with Crippen molar-refractivity contribution in [2.24, 2.45) is 0 Å². The van der Waals surface area contributed by atoms with E-state index >= 15 is 0 Å². The van der Waals surface area contributed by atoms with Gasteiger partial charge in [-0.3, -0.25) is 9.88 Å². The van der Waals surface area contributed by atoms with Crippen LogP contribution in [-0.2, 0) is 12.1 Å². The molecule has 0 radical (unpaired) electrons. The number of rotatable bonds is 4. The second-order valence-corrected chi connectivity index (χ2v) is 7.07. The third kappa shape index (κ3) is 2.80. The first kappa shape index (κ1) is 15.6. The van der Waals surface area contributed by atoms with Gasteiger partial charge in [-0.25, -0.2) is 0 Å². The molecule has 2 unspecified atom stereocenters. The Morgan fingerprint density at radius 3 is 2.42 bits per heavy atom. The van der Waals surface area contributed by atoms with Crippen LogP contribution >= 0.6 is 0 Å². The first-order valence-corrected chi connectivity index (χ1v) is 8.70. The minimum atomic E-state index is -0.814. The average Bonchev–Trinajstić information content (AvgIpc) is 2.86. The molecule has 0 amide bonds. The molecule has 0 aliphatic carbocycles. The van der Waals surface area contributed by atoms with Crippen molar-refractivity contribution < 1.29 is 9.84 Å². The third-order valence-corrected chi connectivity index (χ3v) is 5.57. The zero-order valence-electron chi connectivity index (χ0n) is 14.1. The summed E-state index contributed by atoms with van der Waals surface area (Å²) in [5.41, 5.74) is 1.31. The number of hydrogen-bond donors (Lipinski definition) is 1. The molecule has 1 aromatic heterocycles. The molecule has 1 aromatic carbocycles. The highest BCUT2D eigenvalue weighted by Crippen LogP contribution is 2.45. The first-order chi connectivity index (χ1) is 11.7. The van der Waals surface area contributed by atoms with Gasteiger partial charge < -0.3 is 9.84 Å². The van der Waals surface area contributed by atoms with Crippen LogP contribution in [-0.4, -0.2) is 34.2 Å². The Balaban J connectivity index is 1.52. The van der Waals surface area contributed by atoms with Gasteiger partial charge >= 0.3 is 0 Å². The molecule has 4 heteroatoms. The lowest BCUT2D eigenvalue weighted by atomic mass is 9.83. The summed E-state index contributed by atoms with van der Waals surface area (Å²) in [7, 11) is 1.63. The van der Waals surface area contributed by atoms with E-state index in [9.17, 15) is 5.11 Å². The number of piperidine rings is 1. The van der Waals surface area contributed by atoms with Crippen LogP contribution < -0.4 is 4.74 Å². The molecule has 1 N–H and O–H groups in total. The van der Waals surface area contributed by atoms with Gasteiger partial charge in [0, 0.05) is 18.6 Å². The van der Waals surface area contributed by atoms with Gasteiger partial charge in [0.1, 0.15) is 11.4 Å². The van der Waals surface area contributed by atoms with Crippen molar-refractivity contribution >= 4 is 0 Å². The van der Waals surface area contributed by atoms with Crippen molar-refractivity contribution in [3.63, 3.8) is 0 Å². The maximum Gasteiger partial charge on any atom is 0.137 e. The molecule has 2 aromatic rings. The van der Waals surface area contributed by atoms with Gasteiger partial charge in [-0.2, -0.15) is 0 Å². The van der Waals surface area contributed by atoms with Crippen molar-refractivity contribution in [1.82, 2.24) is 9.88 Å². The fraction of sp³-hybridized carbons (Fsp3) is 0.450. The molecular formula is C20H24N2O2. The van der Waals surface area contributed by atoms with Gasteiger partial charge in [0.2, 0.25) is 0 Å². The molecular weight excluding hydrogens is 300 g/mol. The summed E-state index contributed by atoms with van der Waals surface area (Å²) in [6, 6.07) is 15.3. The molecule has 24 heavy (non-hydrogen) atoms. The summed E-state index contributed by atoms with van der Waals surface area (Å²) in [6.45, 7) is 0.974. The Hall–Kier alpha value is -1.91. The minimum absolute atomic E-state index is 0.429. The molecule has 2 atom stereocenters. The Bertz CT molecular complexity index is 673. The minimum Gasteiger partial charge on any atom is -0.495 e. The predicted octanol–water partition coefficient (Wildman–Crippen LogP) is 3.10. The van der Waals surface area contributed by atoms with Crippen LogP contribution in [0.1, 0.15) is 36.9 Å². The molecule has 0 spiro atoms. The summed E-state index contributed by atoms with van der Waals surface area (Å²) in [4.78, 5) is 7.03. The second-order valence-electron chi connectivity index (χ2n) is 7.07. The Labute approximate surface area is 143 Å². The van der Waals surface area contributed by atoms with Crippen molar-refractivity contribution in [3.05, 3.63) is 59.9 Å². The largest absolute Gasteiger partial charge is 0.495 e. The van der Waals surface area contributed by atoms with Gasteiger partial charge in [-0.1, -0.05) is 30.3 Å². The summed E-state index contributed by atoms with van der Waals surface area (Å²) in [6.07, 6.45) is 5.54. The smallest absolute Gasteiger partial charge is 0.137 e. The predicted molar refractivity (Wildman–Crippen MR) is 92.7 cm³/mol. The quantitative estimate of drug-likeness (QED) is 0.939. The van der Waals surface area contributed by atoms with Crippen molar-refractivity contribution in [2.75, 3.05) is 7.11 Å². The van der Waals surface area contributed by atoms with Crippen molar-refractivity contribution in [1.29, 1.82) is 0 Å². The lowest BCUT2D eigenvalue weighted by Gasteiger charge is -2.43. The molecule has 2 aliphatic heterocycles. The number of nitrogens with zero attached hydrogens (tertiary/aromatic N) is 2. The molecule has 2 bridgehead atoms. The van der Waals surface area contributed by atoms with E-state index in [-0.39, 0.29) is 0 Å². The van der Waals surface area contributed by atoms with Crippen LogP contribution in [0.15, 0.2) is 48.7 Å². The van der Waals surface area contributed by atoms with Gasteiger partial charge in [-0.05, 0) is 43.4 Å². The van der Waals surface area contributed by atoms with Gasteiger partial charge in [0.15, 0.2) is 0 Å². The highest BCUT2D eigenvalue weighted by Gasteiger charge is 2.48. The molecule has 126 valence electrons. The fourth-order valence-electron chi connectivity index (χ4n) is 4.35. The van der Waals surface area contributed by atoms with Crippen LogP contribution in [0, 0.1) is 0 Å². The summed E-state index contributed by atoms with van der Waals surface area (Å²) in [5.74, 6) is 0.729. The second kappa shape index (κ2) is 6.19. The topological polar surface area (TPSA) is 45.6 Å². The number of aliphatic hydroxyl groups is 1. The average molecular weight is 324 g/mol.